The van der Waals surface area contributed by atoms with E-state index in [1.165, 1.54) is 0 Å². The number of aromatic nitrogens is 2. The first-order valence-electron chi connectivity index (χ1n) is 6.96. The highest BCUT2D eigenvalue weighted by atomic mass is 16.5. The zero-order valence-corrected chi connectivity index (χ0v) is 11.8. The smallest absolute Gasteiger partial charge is 0.158 e. The Morgan fingerprint density at radius 2 is 2.00 bits per heavy atom. The molecule has 1 fully saturated rings. The number of ether oxygens (including phenoxy) is 1. The minimum Gasteiger partial charge on any atom is -0.393 e. The highest BCUT2D eigenvalue weighted by molar-refractivity contribution is 5.46. The normalized spacial score (nSPS) is 22.6. The van der Waals surface area contributed by atoms with Crippen LogP contribution in [0.15, 0.2) is 6.07 Å². The van der Waals surface area contributed by atoms with Crippen molar-refractivity contribution in [3.05, 3.63) is 11.9 Å². The summed E-state index contributed by atoms with van der Waals surface area (Å²) in [5.74, 6) is 7.87. The Hall–Kier alpha value is -1.44. The molecule has 7 nitrogen and oxygen atoms in total. The van der Waals surface area contributed by atoms with E-state index in [4.69, 9.17) is 10.6 Å². The van der Waals surface area contributed by atoms with Crippen LogP contribution in [0.2, 0.25) is 0 Å². The summed E-state index contributed by atoms with van der Waals surface area (Å²) in [6.07, 6.45) is 3.76. The summed E-state index contributed by atoms with van der Waals surface area (Å²) in [5.41, 5.74) is 2.53. The minimum atomic E-state index is -0.119. The molecule has 1 aliphatic carbocycles. The average Bonchev–Trinajstić information content (AvgIpc) is 2.47. The topological polar surface area (TPSA) is 105 Å². The first-order chi connectivity index (χ1) is 9.71. The molecule has 0 amide bonds. The fourth-order valence-corrected chi connectivity index (χ4v) is 2.45. The third kappa shape index (κ3) is 4.29. The Morgan fingerprint density at radius 1 is 1.30 bits per heavy atom. The van der Waals surface area contributed by atoms with E-state index in [0.717, 1.165) is 38.0 Å². The molecule has 0 spiro atoms. The number of hydrogen-bond acceptors (Lipinski definition) is 7. The van der Waals surface area contributed by atoms with Crippen LogP contribution in [0, 0.1) is 5.92 Å². The number of nitrogen functional groups attached to an aromatic ring is 1. The molecule has 7 heteroatoms. The molecule has 5 N–H and O–H groups in total. The molecular weight excluding hydrogens is 258 g/mol. The van der Waals surface area contributed by atoms with Gasteiger partial charge in [0.25, 0.3) is 0 Å². The molecule has 0 aliphatic heterocycles. The van der Waals surface area contributed by atoms with Crippen LogP contribution in [-0.2, 0) is 11.3 Å². The van der Waals surface area contributed by atoms with Gasteiger partial charge in [0.05, 0.1) is 6.10 Å². The number of rotatable bonds is 6. The molecule has 0 unspecified atom stereocenters. The largest absolute Gasteiger partial charge is 0.393 e. The van der Waals surface area contributed by atoms with Gasteiger partial charge in [0.2, 0.25) is 0 Å². The average molecular weight is 281 g/mol. The van der Waals surface area contributed by atoms with Crippen LogP contribution in [-0.4, -0.2) is 34.8 Å². The first-order valence-corrected chi connectivity index (χ1v) is 6.96. The second kappa shape index (κ2) is 7.37. The summed E-state index contributed by atoms with van der Waals surface area (Å²) < 4.78 is 5.04. The summed E-state index contributed by atoms with van der Waals surface area (Å²) in [6.45, 7) is 1.19. The number of nitrogens with one attached hydrogen (secondary N) is 2. The lowest BCUT2D eigenvalue weighted by molar-refractivity contribution is 0.111. The summed E-state index contributed by atoms with van der Waals surface area (Å²) in [5, 5.41) is 12.8. The van der Waals surface area contributed by atoms with Crippen LogP contribution in [0.3, 0.4) is 0 Å². The molecule has 1 saturated carbocycles. The van der Waals surface area contributed by atoms with Crippen LogP contribution >= 0.6 is 0 Å². The lowest BCUT2D eigenvalue weighted by Crippen LogP contribution is -2.24. The van der Waals surface area contributed by atoms with Gasteiger partial charge in [-0.3, -0.25) is 0 Å². The molecule has 1 heterocycles. The van der Waals surface area contributed by atoms with Gasteiger partial charge in [-0.25, -0.2) is 15.8 Å². The van der Waals surface area contributed by atoms with Crippen molar-refractivity contribution in [2.45, 2.75) is 38.4 Å². The minimum absolute atomic E-state index is 0.119. The van der Waals surface area contributed by atoms with E-state index in [1.807, 2.05) is 0 Å². The summed E-state index contributed by atoms with van der Waals surface area (Å²) in [4.78, 5) is 8.58. The molecule has 0 atom stereocenters. The van der Waals surface area contributed by atoms with Gasteiger partial charge in [-0.05, 0) is 31.6 Å². The zero-order valence-electron chi connectivity index (χ0n) is 11.8. The SMILES string of the molecule is COCc1nc(NN)cc(NCC2CCC(O)CC2)n1. The number of anilines is 2. The van der Waals surface area contributed by atoms with E-state index in [-0.39, 0.29) is 6.10 Å². The van der Waals surface area contributed by atoms with Crippen molar-refractivity contribution in [1.82, 2.24) is 9.97 Å². The summed E-state index contributed by atoms with van der Waals surface area (Å²) in [7, 11) is 1.60. The quantitative estimate of drug-likeness (QED) is 0.453. The number of aliphatic hydroxyl groups excluding tert-OH is 1. The molecule has 1 aliphatic rings. The number of methoxy groups -OCH3 is 1. The summed E-state index contributed by atoms with van der Waals surface area (Å²) in [6, 6.07) is 1.77. The van der Waals surface area contributed by atoms with Crippen molar-refractivity contribution in [3.8, 4) is 0 Å². The molecule has 1 aromatic rings. The van der Waals surface area contributed by atoms with E-state index in [9.17, 15) is 5.11 Å². The van der Waals surface area contributed by atoms with Crippen molar-refractivity contribution < 1.29 is 9.84 Å². The number of nitrogens with zero attached hydrogens (tertiary/aromatic N) is 2. The molecule has 0 aromatic carbocycles. The van der Waals surface area contributed by atoms with E-state index in [0.29, 0.717) is 24.2 Å². The monoisotopic (exact) mass is 281 g/mol. The number of hydrazine groups is 1. The fourth-order valence-electron chi connectivity index (χ4n) is 2.45. The van der Waals surface area contributed by atoms with Gasteiger partial charge < -0.3 is 20.6 Å². The van der Waals surface area contributed by atoms with Crippen molar-refractivity contribution in [3.63, 3.8) is 0 Å². The lowest BCUT2D eigenvalue weighted by atomic mass is 9.87. The molecule has 2 rings (SSSR count). The predicted molar refractivity (Wildman–Crippen MR) is 77.0 cm³/mol. The zero-order chi connectivity index (χ0) is 14.4. The Labute approximate surface area is 118 Å². The van der Waals surface area contributed by atoms with Crippen LogP contribution < -0.4 is 16.6 Å². The Balaban J connectivity index is 1.92. The Bertz CT molecular complexity index is 421. The lowest BCUT2D eigenvalue weighted by Gasteiger charge is -2.25. The highest BCUT2D eigenvalue weighted by Crippen LogP contribution is 2.24. The van der Waals surface area contributed by atoms with E-state index in [1.54, 1.807) is 13.2 Å². The van der Waals surface area contributed by atoms with Crippen LogP contribution in [0.1, 0.15) is 31.5 Å². The number of hydrogen-bond donors (Lipinski definition) is 4. The molecule has 0 bridgehead atoms. The maximum Gasteiger partial charge on any atom is 0.158 e. The Morgan fingerprint density at radius 3 is 2.65 bits per heavy atom. The van der Waals surface area contributed by atoms with Crippen LogP contribution in [0.25, 0.3) is 0 Å². The second-order valence-electron chi connectivity index (χ2n) is 5.19. The van der Waals surface area contributed by atoms with E-state index >= 15 is 0 Å². The van der Waals surface area contributed by atoms with Crippen molar-refractivity contribution in [1.29, 1.82) is 0 Å². The van der Waals surface area contributed by atoms with Crippen molar-refractivity contribution in [2.24, 2.45) is 11.8 Å². The fraction of sp³-hybridized carbons (Fsp3) is 0.692. The first kappa shape index (κ1) is 15.0. The maximum atomic E-state index is 9.50. The molecule has 20 heavy (non-hydrogen) atoms. The number of aliphatic hydroxyl groups is 1. The molecule has 112 valence electrons. The maximum absolute atomic E-state index is 9.50. The third-order valence-corrected chi connectivity index (χ3v) is 3.58. The standard InChI is InChI=1S/C13H23N5O2/c1-20-8-13-16-11(6-12(17-13)18-14)15-7-9-2-4-10(19)5-3-9/h6,9-10,19H,2-5,7-8,14H2,1H3,(H2,15,16,17,18). The number of nitrogens with two attached hydrogens (primary N) is 1. The van der Waals surface area contributed by atoms with Crippen LogP contribution in [0.4, 0.5) is 11.6 Å². The van der Waals surface area contributed by atoms with Gasteiger partial charge in [-0.15, -0.1) is 0 Å². The van der Waals surface area contributed by atoms with Gasteiger partial charge in [-0.2, -0.15) is 0 Å². The van der Waals surface area contributed by atoms with Crippen molar-refractivity contribution >= 4 is 11.6 Å². The van der Waals surface area contributed by atoms with Gasteiger partial charge >= 0.3 is 0 Å². The molecular formula is C13H23N5O2. The van der Waals surface area contributed by atoms with Crippen LogP contribution in [0.5, 0.6) is 0 Å². The second-order valence-corrected chi connectivity index (χ2v) is 5.19. The van der Waals surface area contributed by atoms with Gasteiger partial charge in [0.15, 0.2) is 5.82 Å². The van der Waals surface area contributed by atoms with Gasteiger partial charge in [-0.1, -0.05) is 0 Å². The molecule has 1 aromatic heterocycles. The highest BCUT2D eigenvalue weighted by Gasteiger charge is 2.19. The summed E-state index contributed by atoms with van der Waals surface area (Å²) >= 11 is 0. The third-order valence-electron chi connectivity index (χ3n) is 3.58. The van der Waals surface area contributed by atoms with Gasteiger partial charge in [0, 0.05) is 19.7 Å². The molecule has 0 radical (unpaired) electrons. The van der Waals surface area contributed by atoms with E-state index in [2.05, 4.69) is 20.7 Å². The van der Waals surface area contributed by atoms with E-state index < -0.39 is 0 Å². The Kier molecular flexibility index (Phi) is 5.51. The molecule has 0 saturated heterocycles. The van der Waals surface area contributed by atoms with Crippen molar-refractivity contribution in [2.75, 3.05) is 24.4 Å². The predicted octanol–water partition coefficient (Wildman–Crippen LogP) is 0.872. The van der Waals surface area contributed by atoms with Gasteiger partial charge in [0.1, 0.15) is 18.2 Å².